The van der Waals surface area contributed by atoms with Crippen molar-refractivity contribution in [1.29, 1.82) is 0 Å². The monoisotopic (exact) mass is 205 g/mol. The van der Waals surface area contributed by atoms with Gasteiger partial charge in [-0.05, 0) is 25.8 Å². The molecule has 2 heterocycles. The smallest absolute Gasteiger partial charge is 0.123 e. The van der Waals surface area contributed by atoms with Crippen molar-refractivity contribution in [2.24, 2.45) is 0 Å². The van der Waals surface area contributed by atoms with Gasteiger partial charge in [-0.15, -0.1) is 0 Å². The number of likely N-dealkylation sites (N-methyl/N-ethyl adjacent to an activating group) is 1. The highest BCUT2D eigenvalue weighted by atomic mass is 15.3. The van der Waals surface area contributed by atoms with Gasteiger partial charge in [0.15, 0.2) is 0 Å². The van der Waals surface area contributed by atoms with Crippen LogP contribution in [0.15, 0.2) is 6.20 Å². The van der Waals surface area contributed by atoms with Crippen molar-refractivity contribution in [3.8, 4) is 0 Å². The summed E-state index contributed by atoms with van der Waals surface area (Å²) in [7, 11) is 2.20. The standard InChI is InChI=1S/C12H19N3/c1-9(2)10-6-15-11(13-10)7-14(3)8-12(15)4-5-12/h6,9H,4-5,7-8H2,1-3H3. The van der Waals surface area contributed by atoms with E-state index in [0.717, 1.165) is 6.54 Å². The van der Waals surface area contributed by atoms with Gasteiger partial charge in [-0.1, -0.05) is 13.8 Å². The minimum Gasteiger partial charge on any atom is -0.326 e. The molecule has 1 saturated carbocycles. The van der Waals surface area contributed by atoms with Crippen molar-refractivity contribution in [2.45, 2.75) is 44.7 Å². The van der Waals surface area contributed by atoms with Crippen molar-refractivity contribution >= 4 is 0 Å². The molecule has 0 radical (unpaired) electrons. The molecule has 0 aromatic carbocycles. The molecule has 1 aliphatic heterocycles. The van der Waals surface area contributed by atoms with Crippen LogP contribution < -0.4 is 0 Å². The van der Waals surface area contributed by atoms with Gasteiger partial charge in [-0.3, -0.25) is 4.90 Å². The Balaban J connectivity index is 2.05. The third-order valence-corrected chi connectivity index (χ3v) is 3.70. The lowest BCUT2D eigenvalue weighted by atomic mass is 10.1. The van der Waals surface area contributed by atoms with E-state index in [1.807, 2.05) is 0 Å². The van der Waals surface area contributed by atoms with Gasteiger partial charge in [0.1, 0.15) is 5.82 Å². The molecule has 0 saturated heterocycles. The van der Waals surface area contributed by atoms with Gasteiger partial charge < -0.3 is 4.57 Å². The summed E-state index contributed by atoms with van der Waals surface area (Å²) in [5.74, 6) is 1.81. The van der Waals surface area contributed by atoms with Crippen molar-refractivity contribution in [3.05, 3.63) is 17.7 Å². The molecule has 0 amide bonds. The number of rotatable bonds is 1. The highest BCUT2D eigenvalue weighted by Crippen LogP contribution is 2.47. The molecule has 0 N–H and O–H groups in total. The van der Waals surface area contributed by atoms with Crippen molar-refractivity contribution < 1.29 is 0 Å². The maximum atomic E-state index is 4.76. The SMILES string of the molecule is CC(C)c1cn2c(n1)CN(C)CC21CC1. The molecular weight excluding hydrogens is 186 g/mol. The Labute approximate surface area is 91.1 Å². The minimum atomic E-state index is 0.419. The van der Waals surface area contributed by atoms with Crippen LogP contribution in [0.1, 0.15) is 44.1 Å². The zero-order chi connectivity index (χ0) is 10.6. The fourth-order valence-electron chi connectivity index (χ4n) is 2.66. The molecule has 1 fully saturated rings. The molecule has 0 unspecified atom stereocenters. The molecule has 3 rings (SSSR count). The van der Waals surface area contributed by atoms with Crippen molar-refractivity contribution in [2.75, 3.05) is 13.6 Å². The molecule has 1 aromatic rings. The molecule has 1 spiro atoms. The lowest BCUT2D eigenvalue weighted by Gasteiger charge is -2.31. The Morgan fingerprint density at radius 2 is 2.13 bits per heavy atom. The molecule has 0 atom stereocenters. The van der Waals surface area contributed by atoms with Gasteiger partial charge in [-0.25, -0.2) is 4.98 Å². The topological polar surface area (TPSA) is 21.1 Å². The van der Waals surface area contributed by atoms with Crippen LogP contribution in [0.2, 0.25) is 0 Å². The maximum Gasteiger partial charge on any atom is 0.123 e. The van der Waals surface area contributed by atoms with Crippen molar-refractivity contribution in [1.82, 2.24) is 14.5 Å². The Bertz CT molecular complexity index is 388. The third-order valence-electron chi connectivity index (χ3n) is 3.70. The number of aromatic nitrogens is 2. The summed E-state index contributed by atoms with van der Waals surface area (Å²) in [6, 6.07) is 0. The molecule has 82 valence electrons. The number of imidazole rings is 1. The average molecular weight is 205 g/mol. The van der Waals surface area contributed by atoms with Gasteiger partial charge in [-0.2, -0.15) is 0 Å². The van der Waals surface area contributed by atoms with E-state index in [9.17, 15) is 0 Å². The third kappa shape index (κ3) is 1.33. The van der Waals surface area contributed by atoms with Gasteiger partial charge in [0, 0.05) is 12.7 Å². The van der Waals surface area contributed by atoms with Gasteiger partial charge in [0.05, 0.1) is 17.8 Å². The number of hydrogen-bond donors (Lipinski definition) is 0. The van der Waals surface area contributed by atoms with Crippen molar-refractivity contribution in [3.63, 3.8) is 0 Å². The summed E-state index contributed by atoms with van der Waals surface area (Å²) in [6.45, 7) is 6.65. The summed E-state index contributed by atoms with van der Waals surface area (Å²) < 4.78 is 2.46. The van der Waals surface area contributed by atoms with E-state index < -0.39 is 0 Å². The normalized spacial score (nSPS) is 23.5. The first-order chi connectivity index (χ1) is 7.11. The molecule has 0 bridgehead atoms. The van der Waals surface area contributed by atoms with Crippen LogP contribution in [0.25, 0.3) is 0 Å². The van der Waals surface area contributed by atoms with E-state index >= 15 is 0 Å². The van der Waals surface area contributed by atoms with Gasteiger partial charge >= 0.3 is 0 Å². The lowest BCUT2D eigenvalue weighted by Crippen LogP contribution is -2.39. The zero-order valence-electron chi connectivity index (χ0n) is 9.82. The second kappa shape index (κ2) is 2.85. The molecule has 2 aliphatic rings. The maximum absolute atomic E-state index is 4.76. The van der Waals surface area contributed by atoms with Crippen LogP contribution in [0, 0.1) is 0 Å². The van der Waals surface area contributed by atoms with E-state index in [1.54, 1.807) is 0 Å². The first-order valence-corrected chi connectivity index (χ1v) is 5.88. The van der Waals surface area contributed by atoms with E-state index in [4.69, 9.17) is 4.98 Å². The van der Waals surface area contributed by atoms with Crippen LogP contribution in [-0.4, -0.2) is 28.0 Å². The first-order valence-electron chi connectivity index (χ1n) is 5.88. The molecule has 1 aromatic heterocycles. The lowest BCUT2D eigenvalue weighted by molar-refractivity contribution is 0.204. The summed E-state index contributed by atoms with van der Waals surface area (Å²) in [5, 5.41) is 0. The summed E-state index contributed by atoms with van der Waals surface area (Å²) in [5.41, 5.74) is 1.68. The highest BCUT2D eigenvalue weighted by Gasteiger charge is 2.48. The number of hydrogen-bond acceptors (Lipinski definition) is 2. The van der Waals surface area contributed by atoms with Crippen LogP contribution in [0.3, 0.4) is 0 Å². The van der Waals surface area contributed by atoms with E-state index in [2.05, 4.69) is 36.6 Å². The Morgan fingerprint density at radius 3 is 2.73 bits per heavy atom. The molecule has 1 aliphatic carbocycles. The Kier molecular flexibility index (Phi) is 1.78. The first kappa shape index (κ1) is 9.40. The Hall–Kier alpha value is -0.830. The Morgan fingerprint density at radius 1 is 1.40 bits per heavy atom. The number of fused-ring (bicyclic) bond motifs is 2. The van der Waals surface area contributed by atoms with Gasteiger partial charge in [0.25, 0.3) is 0 Å². The largest absolute Gasteiger partial charge is 0.326 e. The van der Waals surface area contributed by atoms with Crippen LogP contribution in [0.5, 0.6) is 0 Å². The fraction of sp³-hybridized carbons (Fsp3) is 0.750. The van der Waals surface area contributed by atoms with Gasteiger partial charge in [0.2, 0.25) is 0 Å². The van der Waals surface area contributed by atoms with E-state index in [-0.39, 0.29) is 0 Å². The molecule has 3 heteroatoms. The second-order valence-corrected chi connectivity index (χ2v) is 5.50. The molecule has 15 heavy (non-hydrogen) atoms. The minimum absolute atomic E-state index is 0.419. The quantitative estimate of drug-likeness (QED) is 0.698. The summed E-state index contributed by atoms with van der Waals surface area (Å²) in [6.07, 6.45) is 4.95. The number of nitrogens with zero attached hydrogens (tertiary/aromatic N) is 3. The predicted octanol–water partition coefficient (Wildman–Crippen LogP) is 1.94. The van der Waals surface area contributed by atoms with Crippen LogP contribution in [0.4, 0.5) is 0 Å². The zero-order valence-corrected chi connectivity index (χ0v) is 9.82. The summed E-state index contributed by atoms with van der Waals surface area (Å²) >= 11 is 0. The summed E-state index contributed by atoms with van der Waals surface area (Å²) in [4.78, 5) is 7.16. The highest BCUT2D eigenvalue weighted by molar-refractivity contribution is 5.18. The van der Waals surface area contributed by atoms with Crippen LogP contribution in [-0.2, 0) is 12.1 Å². The second-order valence-electron chi connectivity index (χ2n) is 5.50. The van der Waals surface area contributed by atoms with E-state index in [1.165, 1.54) is 30.9 Å². The molecule has 3 nitrogen and oxygen atoms in total. The molecular formula is C12H19N3. The average Bonchev–Trinajstić information content (AvgIpc) is 2.77. The predicted molar refractivity (Wildman–Crippen MR) is 59.9 cm³/mol. The van der Waals surface area contributed by atoms with E-state index in [0.29, 0.717) is 11.5 Å². The fourth-order valence-corrected chi connectivity index (χ4v) is 2.66. The van der Waals surface area contributed by atoms with Crippen LogP contribution >= 0.6 is 0 Å².